The molecule has 2 nitrogen and oxygen atoms in total. The average Bonchev–Trinajstić information content (AvgIpc) is 2.64. The maximum absolute atomic E-state index is 4.27. The van der Waals surface area contributed by atoms with Crippen molar-refractivity contribution in [3.63, 3.8) is 0 Å². The van der Waals surface area contributed by atoms with Gasteiger partial charge >= 0.3 is 0 Å². The van der Waals surface area contributed by atoms with E-state index in [4.69, 9.17) is 0 Å². The molecule has 0 aliphatic heterocycles. The van der Waals surface area contributed by atoms with Gasteiger partial charge in [0.15, 0.2) is 0 Å². The maximum atomic E-state index is 4.27. The number of aryl methyl sites for hydroxylation is 1. The highest BCUT2D eigenvalue weighted by molar-refractivity contribution is 7.99. The predicted molar refractivity (Wildman–Crippen MR) is 70.9 cm³/mol. The van der Waals surface area contributed by atoms with Crippen molar-refractivity contribution in [2.24, 2.45) is 0 Å². The lowest BCUT2D eigenvalue weighted by atomic mass is 10.2. The smallest absolute Gasteiger partial charge is 0.0897 e. The zero-order valence-electron chi connectivity index (χ0n) is 9.91. The van der Waals surface area contributed by atoms with E-state index in [1.165, 1.54) is 11.3 Å². The van der Waals surface area contributed by atoms with Gasteiger partial charge in [-0.05, 0) is 33.1 Å². The van der Waals surface area contributed by atoms with Crippen molar-refractivity contribution in [1.82, 2.24) is 10.3 Å². The van der Waals surface area contributed by atoms with Crippen LogP contribution in [0.2, 0.25) is 0 Å². The molecule has 86 valence electrons. The minimum absolute atomic E-state index is 0.435. The van der Waals surface area contributed by atoms with Gasteiger partial charge in [-0.2, -0.15) is 11.8 Å². The van der Waals surface area contributed by atoms with Crippen LogP contribution in [0.4, 0.5) is 0 Å². The number of thioether (sulfide) groups is 1. The number of nitrogens with zero attached hydrogens (tertiary/aromatic N) is 1. The van der Waals surface area contributed by atoms with Gasteiger partial charge in [0.25, 0.3) is 0 Å². The summed E-state index contributed by atoms with van der Waals surface area (Å²) in [5, 5.41) is 5.43. The minimum Gasteiger partial charge on any atom is -0.309 e. The zero-order chi connectivity index (χ0) is 11.3. The number of hydrogen-bond donors (Lipinski definition) is 1. The molecule has 1 aromatic heterocycles. The van der Waals surface area contributed by atoms with E-state index >= 15 is 0 Å². The maximum Gasteiger partial charge on any atom is 0.0897 e. The first-order valence-corrected chi connectivity index (χ1v) is 7.42. The summed E-state index contributed by atoms with van der Waals surface area (Å²) < 4.78 is 0. The third-order valence-electron chi connectivity index (χ3n) is 2.47. The molecule has 1 aromatic rings. The van der Waals surface area contributed by atoms with E-state index in [1.54, 1.807) is 11.3 Å². The van der Waals surface area contributed by atoms with E-state index in [-0.39, 0.29) is 0 Å². The van der Waals surface area contributed by atoms with Crippen LogP contribution in [0, 0.1) is 6.92 Å². The molecule has 1 rings (SSSR count). The Morgan fingerprint density at radius 3 is 2.80 bits per heavy atom. The third kappa shape index (κ3) is 4.53. The van der Waals surface area contributed by atoms with Gasteiger partial charge in [-0.25, -0.2) is 4.98 Å². The lowest BCUT2D eigenvalue weighted by molar-refractivity contribution is 0.564. The van der Waals surface area contributed by atoms with Crippen molar-refractivity contribution in [1.29, 1.82) is 0 Å². The Morgan fingerprint density at radius 2 is 2.27 bits per heavy atom. The second-order valence-electron chi connectivity index (χ2n) is 3.79. The molecule has 0 aliphatic carbocycles. The van der Waals surface area contributed by atoms with Crippen LogP contribution >= 0.6 is 23.1 Å². The molecule has 0 amide bonds. The first kappa shape index (κ1) is 13.0. The Kier molecular flexibility index (Phi) is 5.64. The van der Waals surface area contributed by atoms with Gasteiger partial charge in [-0.1, -0.05) is 6.92 Å². The fourth-order valence-corrected chi connectivity index (χ4v) is 2.47. The second kappa shape index (κ2) is 6.51. The highest BCUT2D eigenvalue weighted by Crippen LogP contribution is 2.20. The summed E-state index contributed by atoms with van der Waals surface area (Å²) in [7, 11) is 0. The highest BCUT2D eigenvalue weighted by atomic mass is 32.2. The van der Waals surface area contributed by atoms with Gasteiger partial charge < -0.3 is 5.32 Å². The summed E-state index contributed by atoms with van der Waals surface area (Å²) in [4.78, 5) is 5.61. The monoisotopic (exact) mass is 244 g/mol. The van der Waals surface area contributed by atoms with Crippen LogP contribution in [0.1, 0.15) is 36.2 Å². The van der Waals surface area contributed by atoms with E-state index in [0.717, 1.165) is 16.8 Å². The molecule has 1 heterocycles. The molecule has 0 saturated heterocycles. The molecule has 0 aliphatic rings. The summed E-state index contributed by atoms with van der Waals surface area (Å²) in [5.41, 5.74) is 0. The summed E-state index contributed by atoms with van der Waals surface area (Å²) >= 11 is 3.71. The molecule has 0 spiro atoms. The zero-order valence-corrected chi connectivity index (χ0v) is 11.5. The Morgan fingerprint density at radius 1 is 1.53 bits per heavy atom. The molecule has 4 heteroatoms. The SMILES string of the molecule is CSC(C)CCNC(C)c1cnc(C)s1. The van der Waals surface area contributed by atoms with Gasteiger partial charge in [0.1, 0.15) is 0 Å². The van der Waals surface area contributed by atoms with Crippen molar-refractivity contribution < 1.29 is 0 Å². The van der Waals surface area contributed by atoms with Crippen LogP contribution in [-0.2, 0) is 0 Å². The standard InChI is InChI=1S/C11H20N2S2/c1-8(14-4)5-6-12-9(2)11-7-13-10(3)15-11/h7-9,12H,5-6H2,1-4H3. The minimum atomic E-state index is 0.435. The molecule has 15 heavy (non-hydrogen) atoms. The Bertz CT molecular complexity index is 286. The number of thiazole rings is 1. The first-order valence-electron chi connectivity index (χ1n) is 5.32. The van der Waals surface area contributed by atoms with Crippen LogP contribution in [-0.4, -0.2) is 23.0 Å². The molecule has 2 atom stereocenters. The van der Waals surface area contributed by atoms with Crippen LogP contribution in [0.15, 0.2) is 6.20 Å². The molecular weight excluding hydrogens is 224 g/mol. The van der Waals surface area contributed by atoms with Crippen molar-refractivity contribution in [3.05, 3.63) is 16.1 Å². The van der Waals surface area contributed by atoms with E-state index in [2.05, 4.69) is 37.3 Å². The number of hydrogen-bond acceptors (Lipinski definition) is 4. The topological polar surface area (TPSA) is 24.9 Å². The average molecular weight is 244 g/mol. The fraction of sp³-hybridized carbons (Fsp3) is 0.727. The van der Waals surface area contributed by atoms with Crippen LogP contribution in [0.25, 0.3) is 0 Å². The highest BCUT2D eigenvalue weighted by Gasteiger charge is 2.08. The van der Waals surface area contributed by atoms with Gasteiger partial charge in [0.05, 0.1) is 5.01 Å². The van der Waals surface area contributed by atoms with Crippen molar-refractivity contribution in [3.8, 4) is 0 Å². The predicted octanol–water partition coefficient (Wildman–Crippen LogP) is 3.24. The molecule has 0 fully saturated rings. The molecule has 0 radical (unpaired) electrons. The largest absolute Gasteiger partial charge is 0.309 e. The summed E-state index contributed by atoms with van der Waals surface area (Å²) in [5.74, 6) is 0. The molecule has 1 N–H and O–H groups in total. The normalized spacial score (nSPS) is 15.2. The quantitative estimate of drug-likeness (QED) is 0.831. The van der Waals surface area contributed by atoms with Gasteiger partial charge in [0.2, 0.25) is 0 Å². The number of rotatable bonds is 6. The van der Waals surface area contributed by atoms with E-state index in [0.29, 0.717) is 6.04 Å². The summed E-state index contributed by atoms with van der Waals surface area (Å²) in [6, 6.07) is 0.435. The summed E-state index contributed by atoms with van der Waals surface area (Å²) in [6.45, 7) is 7.61. The number of aromatic nitrogens is 1. The van der Waals surface area contributed by atoms with Gasteiger partial charge in [-0.15, -0.1) is 11.3 Å². The molecular formula is C11H20N2S2. The fourth-order valence-electron chi connectivity index (χ4n) is 1.30. The summed E-state index contributed by atoms with van der Waals surface area (Å²) in [6.07, 6.45) is 5.37. The lowest BCUT2D eigenvalue weighted by Gasteiger charge is -2.13. The van der Waals surface area contributed by atoms with Crippen molar-refractivity contribution in [2.75, 3.05) is 12.8 Å². The molecule has 0 bridgehead atoms. The first-order chi connectivity index (χ1) is 7.13. The third-order valence-corrected chi connectivity index (χ3v) is 4.61. The molecule has 2 unspecified atom stereocenters. The van der Waals surface area contributed by atoms with Gasteiger partial charge in [0, 0.05) is 22.4 Å². The molecule has 0 aromatic carbocycles. The van der Waals surface area contributed by atoms with Crippen LogP contribution in [0.5, 0.6) is 0 Å². The Balaban J connectivity index is 2.27. The van der Waals surface area contributed by atoms with Crippen LogP contribution < -0.4 is 5.32 Å². The van der Waals surface area contributed by atoms with Crippen molar-refractivity contribution >= 4 is 23.1 Å². The second-order valence-corrected chi connectivity index (χ2v) is 6.33. The van der Waals surface area contributed by atoms with Gasteiger partial charge in [-0.3, -0.25) is 0 Å². The Labute approximate surface area is 101 Å². The van der Waals surface area contributed by atoms with Crippen LogP contribution in [0.3, 0.4) is 0 Å². The lowest BCUT2D eigenvalue weighted by Crippen LogP contribution is -2.21. The van der Waals surface area contributed by atoms with E-state index < -0.39 is 0 Å². The van der Waals surface area contributed by atoms with E-state index in [1.807, 2.05) is 18.0 Å². The van der Waals surface area contributed by atoms with Crippen molar-refractivity contribution in [2.45, 2.75) is 38.5 Å². The Hall–Kier alpha value is -0.0600. The number of nitrogens with one attached hydrogen (secondary N) is 1. The molecule has 0 saturated carbocycles. The van der Waals surface area contributed by atoms with E-state index in [9.17, 15) is 0 Å².